The maximum atomic E-state index is 5.79. The van der Waals surface area contributed by atoms with Crippen molar-refractivity contribution in [1.29, 1.82) is 0 Å². The zero-order valence-electron chi connectivity index (χ0n) is 12.5. The molecule has 1 unspecified atom stereocenters. The van der Waals surface area contributed by atoms with Crippen molar-refractivity contribution in [1.82, 2.24) is 15.2 Å². The zero-order chi connectivity index (χ0) is 14.5. The highest BCUT2D eigenvalue weighted by atomic mass is 16.3. The summed E-state index contributed by atoms with van der Waals surface area (Å²) < 4.78 is 7.83. The standard InChI is InChI=1S/C15H24N4O/c1-4-11-9-12(19(6-3)18-11)10-14(17-16)15-8-7-13(5-2)20-15/h7-9,14,17H,4-6,10,16H2,1-3H3. The van der Waals surface area contributed by atoms with Crippen LogP contribution in [0, 0.1) is 0 Å². The van der Waals surface area contributed by atoms with E-state index in [-0.39, 0.29) is 6.04 Å². The third kappa shape index (κ3) is 3.11. The van der Waals surface area contributed by atoms with Crippen molar-refractivity contribution in [3.8, 4) is 0 Å². The minimum absolute atomic E-state index is 0.0259. The van der Waals surface area contributed by atoms with Gasteiger partial charge in [-0.1, -0.05) is 13.8 Å². The van der Waals surface area contributed by atoms with E-state index in [1.807, 2.05) is 16.8 Å². The van der Waals surface area contributed by atoms with Crippen LogP contribution in [0.2, 0.25) is 0 Å². The van der Waals surface area contributed by atoms with Crippen molar-refractivity contribution in [2.75, 3.05) is 0 Å². The summed E-state index contributed by atoms with van der Waals surface area (Å²) in [6.45, 7) is 7.16. The molecule has 0 spiro atoms. The van der Waals surface area contributed by atoms with E-state index in [9.17, 15) is 0 Å². The number of hydrogen-bond acceptors (Lipinski definition) is 4. The number of aromatic nitrogens is 2. The highest BCUT2D eigenvalue weighted by molar-refractivity contribution is 5.17. The largest absolute Gasteiger partial charge is 0.464 e. The van der Waals surface area contributed by atoms with Crippen LogP contribution in [0.4, 0.5) is 0 Å². The Labute approximate surface area is 120 Å². The summed E-state index contributed by atoms with van der Waals surface area (Å²) in [5, 5.41) is 4.57. The molecule has 5 nitrogen and oxygen atoms in total. The minimum atomic E-state index is -0.0259. The van der Waals surface area contributed by atoms with Crippen LogP contribution in [0.3, 0.4) is 0 Å². The van der Waals surface area contributed by atoms with Gasteiger partial charge in [0.2, 0.25) is 0 Å². The monoisotopic (exact) mass is 276 g/mol. The van der Waals surface area contributed by atoms with Gasteiger partial charge in [0.25, 0.3) is 0 Å². The summed E-state index contributed by atoms with van der Waals surface area (Å²) in [5.74, 6) is 7.56. The molecule has 2 aromatic heterocycles. The van der Waals surface area contributed by atoms with E-state index in [4.69, 9.17) is 10.3 Å². The van der Waals surface area contributed by atoms with Crippen LogP contribution in [-0.4, -0.2) is 9.78 Å². The summed E-state index contributed by atoms with van der Waals surface area (Å²) >= 11 is 0. The third-order valence-electron chi connectivity index (χ3n) is 3.56. The van der Waals surface area contributed by atoms with Crippen LogP contribution in [0.5, 0.6) is 0 Å². The lowest BCUT2D eigenvalue weighted by molar-refractivity contribution is 0.390. The summed E-state index contributed by atoms with van der Waals surface area (Å²) in [6, 6.07) is 6.13. The first-order chi connectivity index (χ1) is 9.71. The van der Waals surface area contributed by atoms with E-state index in [2.05, 4.69) is 37.4 Å². The van der Waals surface area contributed by atoms with Gasteiger partial charge in [-0.2, -0.15) is 5.10 Å². The molecular formula is C15H24N4O. The Morgan fingerprint density at radius 1 is 1.30 bits per heavy atom. The highest BCUT2D eigenvalue weighted by Crippen LogP contribution is 2.21. The molecule has 0 aromatic carbocycles. The van der Waals surface area contributed by atoms with Crippen molar-refractivity contribution in [2.24, 2.45) is 5.84 Å². The lowest BCUT2D eigenvalue weighted by Crippen LogP contribution is -2.30. The van der Waals surface area contributed by atoms with Gasteiger partial charge >= 0.3 is 0 Å². The lowest BCUT2D eigenvalue weighted by atomic mass is 10.1. The first-order valence-electron chi connectivity index (χ1n) is 7.32. The average molecular weight is 276 g/mol. The van der Waals surface area contributed by atoms with Crippen LogP contribution in [0.1, 0.15) is 49.7 Å². The first-order valence-corrected chi connectivity index (χ1v) is 7.32. The molecule has 20 heavy (non-hydrogen) atoms. The van der Waals surface area contributed by atoms with Crippen LogP contribution >= 0.6 is 0 Å². The van der Waals surface area contributed by atoms with Gasteiger partial charge in [0.15, 0.2) is 0 Å². The Hall–Kier alpha value is -1.59. The quantitative estimate of drug-likeness (QED) is 0.602. The van der Waals surface area contributed by atoms with Crippen molar-refractivity contribution in [3.05, 3.63) is 41.1 Å². The fourth-order valence-corrected chi connectivity index (χ4v) is 2.35. The van der Waals surface area contributed by atoms with Crippen molar-refractivity contribution in [3.63, 3.8) is 0 Å². The molecule has 0 amide bonds. The Morgan fingerprint density at radius 2 is 2.10 bits per heavy atom. The predicted octanol–water partition coefficient (Wildman–Crippen LogP) is 2.37. The van der Waals surface area contributed by atoms with E-state index < -0.39 is 0 Å². The summed E-state index contributed by atoms with van der Waals surface area (Å²) in [7, 11) is 0. The minimum Gasteiger partial charge on any atom is -0.464 e. The van der Waals surface area contributed by atoms with Crippen LogP contribution in [0.15, 0.2) is 22.6 Å². The second-order valence-electron chi connectivity index (χ2n) is 4.88. The SMILES string of the molecule is CCc1cc(CC(NN)c2ccc(CC)o2)n(CC)n1. The Bertz CT molecular complexity index is 544. The van der Waals surface area contributed by atoms with Crippen LogP contribution < -0.4 is 11.3 Å². The van der Waals surface area contributed by atoms with Gasteiger partial charge < -0.3 is 4.42 Å². The normalized spacial score (nSPS) is 12.8. The molecule has 0 radical (unpaired) electrons. The van der Waals surface area contributed by atoms with Crippen molar-refractivity contribution >= 4 is 0 Å². The van der Waals surface area contributed by atoms with Crippen molar-refractivity contribution in [2.45, 2.75) is 52.6 Å². The number of aryl methyl sites for hydroxylation is 3. The van der Waals surface area contributed by atoms with Gasteiger partial charge in [-0.25, -0.2) is 5.43 Å². The molecule has 2 rings (SSSR count). The molecule has 110 valence electrons. The number of rotatable bonds is 7. The molecule has 0 saturated carbocycles. The van der Waals surface area contributed by atoms with E-state index in [0.29, 0.717) is 0 Å². The van der Waals surface area contributed by atoms with Gasteiger partial charge in [0.05, 0.1) is 11.7 Å². The molecule has 0 fully saturated rings. The van der Waals surface area contributed by atoms with E-state index in [1.54, 1.807) is 0 Å². The number of nitrogens with zero attached hydrogens (tertiary/aromatic N) is 2. The van der Waals surface area contributed by atoms with Gasteiger partial charge in [-0.05, 0) is 31.5 Å². The van der Waals surface area contributed by atoms with Crippen molar-refractivity contribution < 1.29 is 4.42 Å². The smallest absolute Gasteiger partial charge is 0.122 e. The highest BCUT2D eigenvalue weighted by Gasteiger charge is 2.17. The molecule has 2 aromatic rings. The maximum Gasteiger partial charge on any atom is 0.122 e. The van der Waals surface area contributed by atoms with Gasteiger partial charge in [-0.15, -0.1) is 0 Å². The second-order valence-corrected chi connectivity index (χ2v) is 4.88. The number of hydrazine groups is 1. The number of furan rings is 1. The molecule has 0 aliphatic heterocycles. The Balaban J connectivity index is 2.19. The van der Waals surface area contributed by atoms with Gasteiger partial charge in [0.1, 0.15) is 11.5 Å². The van der Waals surface area contributed by atoms with E-state index in [0.717, 1.165) is 43.0 Å². The Kier molecular flexibility index (Phi) is 4.98. The predicted molar refractivity (Wildman–Crippen MR) is 79.1 cm³/mol. The zero-order valence-corrected chi connectivity index (χ0v) is 12.5. The fourth-order valence-electron chi connectivity index (χ4n) is 2.35. The number of nitrogens with two attached hydrogens (primary N) is 1. The molecule has 0 bridgehead atoms. The molecule has 5 heteroatoms. The van der Waals surface area contributed by atoms with Crippen LogP contribution in [-0.2, 0) is 25.8 Å². The lowest BCUT2D eigenvalue weighted by Gasteiger charge is -2.14. The molecule has 0 aliphatic rings. The molecule has 3 N–H and O–H groups in total. The fraction of sp³-hybridized carbons (Fsp3) is 0.533. The van der Waals surface area contributed by atoms with Gasteiger partial charge in [0, 0.05) is 25.1 Å². The topological polar surface area (TPSA) is 69.0 Å². The van der Waals surface area contributed by atoms with E-state index >= 15 is 0 Å². The van der Waals surface area contributed by atoms with E-state index in [1.165, 1.54) is 5.69 Å². The second kappa shape index (κ2) is 6.72. The summed E-state index contributed by atoms with van der Waals surface area (Å²) in [4.78, 5) is 0. The number of hydrogen-bond donors (Lipinski definition) is 2. The summed E-state index contributed by atoms with van der Waals surface area (Å²) in [6.07, 6.45) is 2.61. The summed E-state index contributed by atoms with van der Waals surface area (Å²) in [5.41, 5.74) is 5.15. The average Bonchev–Trinajstić information content (AvgIpc) is 3.10. The molecular weight excluding hydrogens is 252 g/mol. The molecule has 0 aliphatic carbocycles. The molecule has 2 heterocycles. The maximum absolute atomic E-state index is 5.79. The molecule has 1 atom stereocenters. The van der Waals surface area contributed by atoms with Gasteiger partial charge in [-0.3, -0.25) is 10.5 Å². The Morgan fingerprint density at radius 3 is 2.65 bits per heavy atom. The number of nitrogens with one attached hydrogen (secondary N) is 1. The molecule has 0 saturated heterocycles. The van der Waals surface area contributed by atoms with Crippen LogP contribution in [0.25, 0.3) is 0 Å². The first kappa shape index (κ1) is 14.8. The third-order valence-corrected chi connectivity index (χ3v) is 3.56.